The van der Waals surface area contributed by atoms with Gasteiger partial charge in [-0.1, -0.05) is 54.7 Å². The average Bonchev–Trinajstić information content (AvgIpc) is 2.97. The minimum atomic E-state index is -0.0284. The van der Waals surface area contributed by atoms with Crippen LogP contribution in [0.25, 0.3) is 10.2 Å². The summed E-state index contributed by atoms with van der Waals surface area (Å²) in [5, 5.41) is 3.50. The highest BCUT2D eigenvalue weighted by Gasteiger charge is 2.14. The zero-order valence-corrected chi connectivity index (χ0v) is 13.9. The standard InChI is InChI=1S/C18H18N2O2S/c1-12(13-7-4-3-5-8-13)11-16(21)19-18-20-17-14(22-2)9-6-10-15(17)23-18/h3-10,12H,11H2,1-2H3,(H,19,20,21). The molecule has 1 aromatic heterocycles. The molecule has 0 bridgehead atoms. The van der Waals surface area contributed by atoms with E-state index in [4.69, 9.17) is 4.74 Å². The molecule has 118 valence electrons. The van der Waals surface area contributed by atoms with Crippen molar-refractivity contribution in [2.75, 3.05) is 12.4 Å². The van der Waals surface area contributed by atoms with Gasteiger partial charge in [-0.2, -0.15) is 0 Å². The van der Waals surface area contributed by atoms with Crippen LogP contribution in [0, 0.1) is 0 Å². The summed E-state index contributed by atoms with van der Waals surface area (Å²) < 4.78 is 6.30. The monoisotopic (exact) mass is 326 g/mol. The third-order valence-electron chi connectivity index (χ3n) is 3.71. The molecule has 0 spiro atoms. The van der Waals surface area contributed by atoms with Gasteiger partial charge in [0.1, 0.15) is 11.3 Å². The van der Waals surface area contributed by atoms with Crippen LogP contribution in [0.1, 0.15) is 24.8 Å². The Balaban J connectivity index is 1.71. The van der Waals surface area contributed by atoms with Crippen LogP contribution >= 0.6 is 11.3 Å². The van der Waals surface area contributed by atoms with Crippen LogP contribution < -0.4 is 10.1 Å². The van der Waals surface area contributed by atoms with Crippen molar-refractivity contribution < 1.29 is 9.53 Å². The van der Waals surface area contributed by atoms with E-state index in [0.29, 0.717) is 11.6 Å². The number of amides is 1. The van der Waals surface area contributed by atoms with E-state index in [-0.39, 0.29) is 11.8 Å². The van der Waals surface area contributed by atoms with Crippen LogP contribution in [0.2, 0.25) is 0 Å². The molecule has 5 heteroatoms. The summed E-state index contributed by atoms with van der Waals surface area (Å²) in [4.78, 5) is 16.7. The Morgan fingerprint density at radius 1 is 1.22 bits per heavy atom. The van der Waals surface area contributed by atoms with Gasteiger partial charge in [0.25, 0.3) is 0 Å². The number of benzene rings is 2. The van der Waals surface area contributed by atoms with Gasteiger partial charge in [-0.25, -0.2) is 4.98 Å². The van der Waals surface area contributed by atoms with Gasteiger partial charge in [-0.15, -0.1) is 0 Å². The second kappa shape index (κ2) is 6.79. The summed E-state index contributed by atoms with van der Waals surface area (Å²) in [7, 11) is 1.62. The molecule has 4 nitrogen and oxygen atoms in total. The lowest BCUT2D eigenvalue weighted by atomic mass is 9.98. The molecule has 2 aromatic carbocycles. The molecule has 0 saturated carbocycles. The van der Waals surface area contributed by atoms with Crippen molar-refractivity contribution in [3.05, 3.63) is 54.1 Å². The van der Waals surface area contributed by atoms with Gasteiger partial charge in [-0.05, 0) is 23.6 Å². The topological polar surface area (TPSA) is 51.2 Å². The van der Waals surface area contributed by atoms with Crippen molar-refractivity contribution in [2.45, 2.75) is 19.3 Å². The maximum atomic E-state index is 12.3. The number of fused-ring (bicyclic) bond motifs is 1. The van der Waals surface area contributed by atoms with E-state index in [9.17, 15) is 4.79 Å². The second-order valence-electron chi connectivity index (χ2n) is 5.39. The molecule has 3 rings (SSSR count). The van der Waals surface area contributed by atoms with Crippen LogP contribution in [0.3, 0.4) is 0 Å². The average molecular weight is 326 g/mol. The van der Waals surface area contributed by atoms with Gasteiger partial charge in [0, 0.05) is 6.42 Å². The molecule has 1 heterocycles. The van der Waals surface area contributed by atoms with E-state index in [2.05, 4.69) is 17.2 Å². The summed E-state index contributed by atoms with van der Waals surface area (Å²) in [5.74, 6) is 0.858. The third-order valence-corrected chi connectivity index (χ3v) is 4.64. The maximum Gasteiger partial charge on any atom is 0.226 e. The summed E-state index contributed by atoms with van der Waals surface area (Å²) in [6.45, 7) is 2.05. The molecule has 23 heavy (non-hydrogen) atoms. The van der Waals surface area contributed by atoms with Crippen LogP contribution in [-0.4, -0.2) is 18.0 Å². The van der Waals surface area contributed by atoms with E-state index in [0.717, 1.165) is 21.5 Å². The Morgan fingerprint density at radius 2 is 2.00 bits per heavy atom. The summed E-state index contributed by atoms with van der Waals surface area (Å²) in [6.07, 6.45) is 0.428. The number of carbonyl (C=O) groups is 1. The normalized spacial score (nSPS) is 12.1. The van der Waals surface area contributed by atoms with E-state index in [1.807, 2.05) is 48.5 Å². The van der Waals surface area contributed by atoms with E-state index < -0.39 is 0 Å². The minimum Gasteiger partial charge on any atom is -0.494 e. The summed E-state index contributed by atoms with van der Waals surface area (Å²) >= 11 is 1.45. The van der Waals surface area contributed by atoms with E-state index in [1.165, 1.54) is 11.3 Å². The highest BCUT2D eigenvalue weighted by atomic mass is 32.1. The number of nitrogens with zero attached hydrogens (tertiary/aromatic N) is 1. The highest BCUT2D eigenvalue weighted by molar-refractivity contribution is 7.22. The molecule has 1 amide bonds. The van der Waals surface area contributed by atoms with E-state index in [1.54, 1.807) is 7.11 Å². The largest absolute Gasteiger partial charge is 0.494 e. The van der Waals surface area contributed by atoms with Gasteiger partial charge >= 0.3 is 0 Å². The Kier molecular flexibility index (Phi) is 4.57. The number of aromatic nitrogens is 1. The zero-order valence-electron chi connectivity index (χ0n) is 13.1. The van der Waals surface area contributed by atoms with Crippen LogP contribution in [0.5, 0.6) is 5.75 Å². The Morgan fingerprint density at radius 3 is 2.74 bits per heavy atom. The van der Waals surface area contributed by atoms with Gasteiger partial charge in [0.05, 0.1) is 11.8 Å². The van der Waals surface area contributed by atoms with Gasteiger partial charge in [-0.3, -0.25) is 4.79 Å². The lowest BCUT2D eigenvalue weighted by molar-refractivity contribution is -0.116. The van der Waals surface area contributed by atoms with Gasteiger partial charge in [0.2, 0.25) is 5.91 Å². The molecule has 0 aliphatic rings. The number of hydrogen-bond donors (Lipinski definition) is 1. The minimum absolute atomic E-state index is 0.0284. The Bertz CT molecular complexity index is 814. The van der Waals surface area contributed by atoms with Crippen molar-refractivity contribution in [3.8, 4) is 5.75 Å². The molecule has 0 saturated heterocycles. The lowest BCUT2D eigenvalue weighted by Crippen LogP contribution is -2.14. The quantitative estimate of drug-likeness (QED) is 0.754. The van der Waals surface area contributed by atoms with Crippen molar-refractivity contribution >= 4 is 32.6 Å². The SMILES string of the molecule is COc1cccc2sc(NC(=O)CC(C)c3ccccc3)nc12. The maximum absolute atomic E-state index is 12.3. The highest BCUT2D eigenvalue weighted by Crippen LogP contribution is 2.32. The molecule has 0 aliphatic heterocycles. The molecule has 1 unspecified atom stereocenters. The van der Waals surface area contributed by atoms with Crippen molar-refractivity contribution in [1.29, 1.82) is 0 Å². The zero-order chi connectivity index (χ0) is 16.2. The number of carbonyl (C=O) groups excluding carboxylic acids is 1. The summed E-state index contributed by atoms with van der Waals surface area (Å²) in [6, 6.07) is 15.8. The predicted octanol–water partition coefficient (Wildman–Crippen LogP) is 4.44. The van der Waals surface area contributed by atoms with E-state index >= 15 is 0 Å². The first-order valence-corrected chi connectivity index (χ1v) is 8.27. The number of ether oxygens (including phenoxy) is 1. The smallest absolute Gasteiger partial charge is 0.226 e. The molecule has 0 radical (unpaired) electrons. The van der Waals surface area contributed by atoms with Crippen molar-refractivity contribution in [3.63, 3.8) is 0 Å². The number of rotatable bonds is 5. The molecular weight excluding hydrogens is 308 g/mol. The number of anilines is 1. The number of hydrogen-bond acceptors (Lipinski definition) is 4. The molecular formula is C18H18N2O2S. The molecule has 0 fully saturated rings. The fraction of sp³-hybridized carbons (Fsp3) is 0.222. The first-order valence-electron chi connectivity index (χ1n) is 7.45. The Hall–Kier alpha value is -2.40. The fourth-order valence-electron chi connectivity index (χ4n) is 2.49. The summed E-state index contributed by atoms with van der Waals surface area (Å²) in [5.41, 5.74) is 1.94. The number of nitrogens with one attached hydrogen (secondary N) is 1. The molecule has 1 atom stereocenters. The fourth-order valence-corrected chi connectivity index (χ4v) is 3.39. The first-order chi connectivity index (χ1) is 11.2. The van der Waals surface area contributed by atoms with Crippen LogP contribution in [-0.2, 0) is 4.79 Å². The number of methoxy groups -OCH3 is 1. The van der Waals surface area contributed by atoms with Gasteiger partial charge in [0.15, 0.2) is 5.13 Å². The molecule has 0 aliphatic carbocycles. The predicted molar refractivity (Wildman–Crippen MR) is 94.3 cm³/mol. The first kappa shape index (κ1) is 15.5. The van der Waals surface area contributed by atoms with Gasteiger partial charge < -0.3 is 10.1 Å². The lowest BCUT2D eigenvalue weighted by Gasteiger charge is -2.10. The molecule has 3 aromatic rings. The Labute approximate surface area is 139 Å². The van der Waals surface area contributed by atoms with Crippen LogP contribution in [0.4, 0.5) is 5.13 Å². The van der Waals surface area contributed by atoms with Crippen molar-refractivity contribution in [2.24, 2.45) is 0 Å². The number of para-hydroxylation sites is 1. The number of thiazole rings is 1. The molecule has 1 N–H and O–H groups in total. The third kappa shape index (κ3) is 3.51. The van der Waals surface area contributed by atoms with Crippen LogP contribution in [0.15, 0.2) is 48.5 Å². The van der Waals surface area contributed by atoms with Crippen molar-refractivity contribution in [1.82, 2.24) is 4.98 Å². The second-order valence-corrected chi connectivity index (χ2v) is 6.42.